The minimum atomic E-state index is -0.276. The van der Waals surface area contributed by atoms with E-state index in [2.05, 4.69) is 21.0 Å². The van der Waals surface area contributed by atoms with E-state index in [0.29, 0.717) is 10.9 Å². The first-order chi connectivity index (χ1) is 5.76. The van der Waals surface area contributed by atoms with Gasteiger partial charge in [-0.15, -0.1) is 0 Å². The van der Waals surface area contributed by atoms with E-state index >= 15 is 0 Å². The smallest absolute Gasteiger partial charge is 0.124 e. The summed E-state index contributed by atoms with van der Waals surface area (Å²) in [7, 11) is 0. The molecule has 0 heterocycles. The number of benzene rings is 1. The number of hydrazone groups is 1. The van der Waals surface area contributed by atoms with Gasteiger partial charge in [-0.05, 0) is 29.3 Å². The van der Waals surface area contributed by atoms with Gasteiger partial charge in [0.05, 0.1) is 6.21 Å². The van der Waals surface area contributed by atoms with Crippen molar-refractivity contribution in [1.82, 2.24) is 0 Å². The number of alkyl halides is 1. The maximum absolute atomic E-state index is 12.8. The fraction of sp³-hybridized carbons (Fsp3) is 0.125. The molecule has 2 N–H and O–H groups in total. The van der Waals surface area contributed by atoms with Gasteiger partial charge in [0.1, 0.15) is 5.82 Å². The lowest BCUT2D eigenvalue weighted by Crippen LogP contribution is -1.90. The number of rotatable bonds is 2. The normalized spacial score (nSPS) is 10.8. The molecule has 0 aliphatic rings. The summed E-state index contributed by atoms with van der Waals surface area (Å²) in [5, 5.41) is 3.94. The van der Waals surface area contributed by atoms with Crippen LogP contribution in [-0.2, 0) is 5.33 Å². The zero-order valence-corrected chi connectivity index (χ0v) is 7.88. The van der Waals surface area contributed by atoms with Crippen molar-refractivity contribution in [2.45, 2.75) is 5.33 Å². The third-order valence-corrected chi connectivity index (χ3v) is 2.01. The Morgan fingerprint density at radius 3 is 2.83 bits per heavy atom. The summed E-state index contributed by atoms with van der Waals surface area (Å²) in [6.45, 7) is 0. The fourth-order valence-electron chi connectivity index (χ4n) is 0.913. The van der Waals surface area contributed by atoms with Gasteiger partial charge in [-0.2, -0.15) is 5.10 Å². The molecule has 0 aromatic heterocycles. The van der Waals surface area contributed by atoms with E-state index in [-0.39, 0.29) is 5.82 Å². The minimum Gasteiger partial charge on any atom is -0.323 e. The molecular weight excluding hydrogens is 223 g/mol. The molecular formula is C8H8BrFN2. The summed E-state index contributed by atoms with van der Waals surface area (Å²) in [6.07, 6.45) is 1.41. The van der Waals surface area contributed by atoms with E-state index in [1.54, 1.807) is 0 Å². The average molecular weight is 231 g/mol. The standard InChI is InChI=1S/C8H8BrFN2/c9-4-6-1-7(5-12-11)3-8(10)2-6/h1-3,5H,4,11H2. The van der Waals surface area contributed by atoms with E-state index in [1.165, 1.54) is 18.3 Å². The molecule has 4 heteroatoms. The van der Waals surface area contributed by atoms with Gasteiger partial charge in [-0.1, -0.05) is 15.9 Å². The van der Waals surface area contributed by atoms with Crippen molar-refractivity contribution in [3.05, 3.63) is 35.1 Å². The third-order valence-electron chi connectivity index (χ3n) is 1.36. The zero-order chi connectivity index (χ0) is 8.97. The van der Waals surface area contributed by atoms with Gasteiger partial charge in [-0.25, -0.2) is 4.39 Å². The van der Waals surface area contributed by atoms with Crippen LogP contribution in [0.4, 0.5) is 4.39 Å². The predicted molar refractivity (Wildman–Crippen MR) is 50.8 cm³/mol. The van der Waals surface area contributed by atoms with Crippen LogP contribution in [0.5, 0.6) is 0 Å². The summed E-state index contributed by atoms with van der Waals surface area (Å²) in [5.41, 5.74) is 1.54. The lowest BCUT2D eigenvalue weighted by Gasteiger charge is -1.97. The average Bonchev–Trinajstić information content (AvgIpc) is 2.04. The van der Waals surface area contributed by atoms with Crippen molar-refractivity contribution in [3.8, 4) is 0 Å². The quantitative estimate of drug-likeness (QED) is 0.359. The largest absolute Gasteiger partial charge is 0.323 e. The van der Waals surface area contributed by atoms with Crippen LogP contribution < -0.4 is 5.84 Å². The highest BCUT2D eigenvalue weighted by Crippen LogP contribution is 2.10. The first-order valence-corrected chi connectivity index (χ1v) is 4.47. The Morgan fingerprint density at radius 2 is 2.25 bits per heavy atom. The summed E-state index contributed by atoms with van der Waals surface area (Å²) in [6, 6.07) is 4.65. The summed E-state index contributed by atoms with van der Waals surface area (Å²) in [4.78, 5) is 0. The molecule has 0 atom stereocenters. The highest BCUT2D eigenvalue weighted by Gasteiger charge is 1.97. The molecule has 1 aromatic rings. The Morgan fingerprint density at radius 1 is 1.50 bits per heavy atom. The summed E-state index contributed by atoms with van der Waals surface area (Å²) in [5.74, 6) is 4.66. The van der Waals surface area contributed by atoms with Gasteiger partial charge in [0.25, 0.3) is 0 Å². The van der Waals surface area contributed by atoms with E-state index in [9.17, 15) is 4.39 Å². The Kier molecular flexibility index (Phi) is 3.22. The molecule has 0 fully saturated rings. The Labute approximate surface area is 78.4 Å². The predicted octanol–water partition coefficient (Wildman–Crippen LogP) is 2.01. The first kappa shape index (κ1) is 9.19. The van der Waals surface area contributed by atoms with Crippen molar-refractivity contribution in [2.75, 3.05) is 0 Å². The zero-order valence-electron chi connectivity index (χ0n) is 6.30. The maximum Gasteiger partial charge on any atom is 0.124 e. The molecule has 0 unspecified atom stereocenters. The number of hydrogen-bond donors (Lipinski definition) is 1. The van der Waals surface area contributed by atoms with E-state index in [0.717, 1.165) is 5.56 Å². The first-order valence-electron chi connectivity index (χ1n) is 3.35. The van der Waals surface area contributed by atoms with Gasteiger partial charge in [-0.3, -0.25) is 0 Å². The molecule has 1 aromatic carbocycles. The molecule has 2 nitrogen and oxygen atoms in total. The van der Waals surface area contributed by atoms with Crippen LogP contribution in [0.1, 0.15) is 11.1 Å². The number of hydrogen-bond acceptors (Lipinski definition) is 2. The van der Waals surface area contributed by atoms with Crippen LogP contribution in [0.25, 0.3) is 0 Å². The van der Waals surface area contributed by atoms with Gasteiger partial charge in [0.2, 0.25) is 0 Å². The Hall–Kier alpha value is -0.900. The molecule has 64 valence electrons. The van der Waals surface area contributed by atoms with Gasteiger partial charge < -0.3 is 5.84 Å². The maximum atomic E-state index is 12.8. The van der Waals surface area contributed by atoms with Gasteiger partial charge in [0.15, 0.2) is 0 Å². The highest BCUT2D eigenvalue weighted by atomic mass is 79.9. The molecule has 12 heavy (non-hydrogen) atoms. The number of nitrogens with zero attached hydrogens (tertiary/aromatic N) is 1. The van der Waals surface area contributed by atoms with E-state index < -0.39 is 0 Å². The van der Waals surface area contributed by atoms with Gasteiger partial charge >= 0.3 is 0 Å². The second-order valence-corrected chi connectivity index (χ2v) is 2.87. The molecule has 0 saturated carbocycles. The van der Waals surface area contributed by atoms with Crippen molar-refractivity contribution in [3.63, 3.8) is 0 Å². The van der Waals surface area contributed by atoms with Crippen LogP contribution in [0.15, 0.2) is 23.3 Å². The SMILES string of the molecule is NN=Cc1cc(F)cc(CBr)c1. The van der Waals surface area contributed by atoms with Crippen molar-refractivity contribution in [2.24, 2.45) is 10.9 Å². The molecule has 0 spiro atoms. The van der Waals surface area contributed by atoms with Crippen LogP contribution >= 0.6 is 15.9 Å². The number of halogens is 2. The van der Waals surface area contributed by atoms with E-state index in [1.807, 2.05) is 6.07 Å². The van der Waals surface area contributed by atoms with E-state index in [4.69, 9.17) is 5.84 Å². The third kappa shape index (κ3) is 2.30. The molecule has 0 saturated heterocycles. The highest BCUT2D eigenvalue weighted by molar-refractivity contribution is 9.08. The summed E-state index contributed by atoms with van der Waals surface area (Å²) >= 11 is 3.23. The monoisotopic (exact) mass is 230 g/mol. The van der Waals surface area contributed by atoms with Crippen molar-refractivity contribution in [1.29, 1.82) is 0 Å². The van der Waals surface area contributed by atoms with Crippen LogP contribution in [-0.4, -0.2) is 6.21 Å². The van der Waals surface area contributed by atoms with Crippen LogP contribution in [0.2, 0.25) is 0 Å². The second kappa shape index (κ2) is 4.21. The van der Waals surface area contributed by atoms with Crippen molar-refractivity contribution < 1.29 is 4.39 Å². The van der Waals surface area contributed by atoms with Crippen LogP contribution in [0.3, 0.4) is 0 Å². The van der Waals surface area contributed by atoms with Crippen molar-refractivity contribution >= 4 is 22.1 Å². The molecule has 0 bridgehead atoms. The lowest BCUT2D eigenvalue weighted by molar-refractivity contribution is 0.626. The number of nitrogens with two attached hydrogens (primary N) is 1. The Balaban J connectivity index is 3.06. The van der Waals surface area contributed by atoms with Gasteiger partial charge in [0, 0.05) is 5.33 Å². The molecule has 0 aliphatic carbocycles. The molecule has 0 radical (unpaired) electrons. The summed E-state index contributed by atoms with van der Waals surface area (Å²) < 4.78 is 12.8. The molecule has 0 amide bonds. The minimum absolute atomic E-state index is 0.276. The molecule has 0 aliphatic heterocycles. The second-order valence-electron chi connectivity index (χ2n) is 2.30. The Bertz CT molecular complexity index is 299. The van der Waals surface area contributed by atoms with Crippen LogP contribution in [0, 0.1) is 5.82 Å². The lowest BCUT2D eigenvalue weighted by atomic mass is 10.1. The fourth-order valence-corrected chi connectivity index (χ4v) is 1.24. The topological polar surface area (TPSA) is 38.4 Å². The molecule has 1 rings (SSSR count).